The highest BCUT2D eigenvalue weighted by atomic mass is 35.5. The van der Waals surface area contributed by atoms with Gasteiger partial charge in [0.2, 0.25) is 0 Å². The van der Waals surface area contributed by atoms with Crippen molar-refractivity contribution in [2.75, 3.05) is 13.1 Å². The lowest BCUT2D eigenvalue weighted by atomic mass is 9.99. The van der Waals surface area contributed by atoms with E-state index in [2.05, 4.69) is 9.88 Å². The van der Waals surface area contributed by atoms with E-state index in [9.17, 15) is 4.79 Å². The van der Waals surface area contributed by atoms with Gasteiger partial charge in [0.05, 0.1) is 5.69 Å². The van der Waals surface area contributed by atoms with Gasteiger partial charge in [0.1, 0.15) is 0 Å². The summed E-state index contributed by atoms with van der Waals surface area (Å²) in [6.45, 7) is 2.56. The van der Waals surface area contributed by atoms with Crippen molar-refractivity contribution in [3.63, 3.8) is 0 Å². The van der Waals surface area contributed by atoms with Crippen LogP contribution in [0.4, 0.5) is 0 Å². The number of likely N-dealkylation sites (tertiary alicyclic amines) is 1. The van der Waals surface area contributed by atoms with Gasteiger partial charge in [-0.05, 0) is 32.4 Å². The Kier molecular flexibility index (Phi) is 5.75. The highest BCUT2D eigenvalue weighted by Crippen LogP contribution is 2.21. The van der Waals surface area contributed by atoms with E-state index < -0.39 is 0 Å². The minimum atomic E-state index is 0. The first-order valence-electron chi connectivity index (χ1n) is 7.18. The van der Waals surface area contributed by atoms with Crippen molar-refractivity contribution in [1.82, 2.24) is 14.3 Å². The van der Waals surface area contributed by atoms with Crippen molar-refractivity contribution in [1.29, 1.82) is 0 Å². The van der Waals surface area contributed by atoms with E-state index in [0.717, 1.165) is 36.7 Å². The largest absolute Gasteiger partial charge is 0.330 e. The zero-order valence-electron chi connectivity index (χ0n) is 11.9. The number of halogens is 1. The summed E-state index contributed by atoms with van der Waals surface area (Å²) in [5.74, 6) is 0. The molecule has 1 saturated heterocycles. The lowest BCUT2D eigenvalue weighted by Crippen LogP contribution is -2.40. The number of piperidine rings is 1. The molecule has 0 aromatic carbocycles. The monoisotopic (exact) mass is 328 g/mol. The van der Waals surface area contributed by atoms with Crippen molar-refractivity contribution in [2.24, 2.45) is 5.73 Å². The number of nitrogens with two attached hydrogens (primary N) is 1. The summed E-state index contributed by atoms with van der Waals surface area (Å²) in [6, 6.07) is 2.20. The Morgan fingerprint density at radius 3 is 3.10 bits per heavy atom. The second-order valence-electron chi connectivity index (χ2n) is 5.34. The maximum absolute atomic E-state index is 12.0. The first-order chi connectivity index (χ1) is 9.78. The zero-order valence-corrected chi connectivity index (χ0v) is 13.5. The fraction of sp³-hybridized carbons (Fsp3) is 0.571. The van der Waals surface area contributed by atoms with Gasteiger partial charge in [-0.1, -0.05) is 6.42 Å². The normalized spacial score (nSPS) is 19.6. The van der Waals surface area contributed by atoms with Crippen LogP contribution in [0, 0.1) is 0 Å². The topological polar surface area (TPSA) is 63.6 Å². The molecule has 0 amide bonds. The molecule has 7 heteroatoms. The molecule has 1 aliphatic rings. The van der Waals surface area contributed by atoms with Crippen molar-refractivity contribution < 1.29 is 0 Å². The van der Waals surface area contributed by atoms with Gasteiger partial charge in [0.25, 0.3) is 5.56 Å². The molecule has 2 N–H and O–H groups in total. The second kappa shape index (κ2) is 7.35. The van der Waals surface area contributed by atoms with Crippen LogP contribution in [0.5, 0.6) is 0 Å². The maximum Gasteiger partial charge on any atom is 0.258 e. The van der Waals surface area contributed by atoms with Crippen molar-refractivity contribution in [3.05, 3.63) is 33.7 Å². The zero-order chi connectivity index (χ0) is 13.9. The van der Waals surface area contributed by atoms with Crippen LogP contribution in [0.15, 0.2) is 22.4 Å². The maximum atomic E-state index is 12.0. The van der Waals surface area contributed by atoms with Crippen LogP contribution in [0.2, 0.25) is 0 Å². The molecular weight excluding hydrogens is 308 g/mol. The van der Waals surface area contributed by atoms with Crippen LogP contribution in [-0.2, 0) is 6.54 Å². The smallest absolute Gasteiger partial charge is 0.258 e. The van der Waals surface area contributed by atoms with Crippen LogP contribution < -0.4 is 11.3 Å². The molecule has 0 bridgehead atoms. The molecule has 21 heavy (non-hydrogen) atoms. The molecule has 2 aromatic heterocycles. The summed E-state index contributed by atoms with van der Waals surface area (Å²) in [5, 5.41) is 1.89. The Balaban J connectivity index is 0.00000161. The van der Waals surface area contributed by atoms with Crippen LogP contribution in [-0.4, -0.2) is 33.4 Å². The van der Waals surface area contributed by atoms with Crippen LogP contribution in [0.3, 0.4) is 0 Å². The van der Waals surface area contributed by atoms with E-state index >= 15 is 0 Å². The predicted molar refractivity (Wildman–Crippen MR) is 88.3 cm³/mol. The average molecular weight is 329 g/mol. The van der Waals surface area contributed by atoms with Gasteiger partial charge in [0, 0.05) is 30.2 Å². The molecule has 5 nitrogen and oxygen atoms in total. The van der Waals surface area contributed by atoms with Crippen LogP contribution in [0.1, 0.15) is 31.4 Å². The van der Waals surface area contributed by atoms with Crippen molar-refractivity contribution in [2.45, 2.75) is 38.3 Å². The molecule has 1 atom stereocenters. The van der Waals surface area contributed by atoms with E-state index in [0.29, 0.717) is 6.04 Å². The Bertz CT molecular complexity index is 639. The quantitative estimate of drug-likeness (QED) is 0.930. The molecular formula is C14H21ClN4OS. The third-order valence-electron chi connectivity index (χ3n) is 3.97. The molecule has 3 heterocycles. The SMILES string of the molecule is Cl.NCCC1CCCCN1Cc1cc(=O)n2ccsc2n1. The third-order valence-corrected chi connectivity index (χ3v) is 4.73. The minimum Gasteiger partial charge on any atom is -0.330 e. The van der Waals surface area contributed by atoms with Gasteiger partial charge in [-0.25, -0.2) is 4.98 Å². The highest BCUT2D eigenvalue weighted by Gasteiger charge is 2.22. The van der Waals surface area contributed by atoms with E-state index in [1.54, 1.807) is 16.7 Å². The summed E-state index contributed by atoms with van der Waals surface area (Å²) in [6.07, 6.45) is 6.51. The fourth-order valence-electron chi connectivity index (χ4n) is 2.96. The molecule has 1 unspecified atom stereocenters. The molecule has 1 fully saturated rings. The average Bonchev–Trinajstić information content (AvgIpc) is 2.90. The summed E-state index contributed by atoms with van der Waals surface area (Å²) in [4.78, 5) is 19.8. The van der Waals surface area contributed by atoms with E-state index in [1.807, 2.05) is 5.38 Å². The molecule has 116 valence electrons. The van der Waals surface area contributed by atoms with Gasteiger partial charge in [-0.3, -0.25) is 14.1 Å². The number of thiazole rings is 1. The number of nitrogens with zero attached hydrogens (tertiary/aromatic N) is 3. The Hall–Kier alpha value is -0.950. The first kappa shape index (κ1) is 16.4. The second-order valence-corrected chi connectivity index (χ2v) is 6.21. The van der Waals surface area contributed by atoms with Crippen LogP contribution in [0.25, 0.3) is 4.96 Å². The van der Waals surface area contributed by atoms with Crippen molar-refractivity contribution >= 4 is 28.7 Å². The summed E-state index contributed by atoms with van der Waals surface area (Å²) < 4.78 is 1.60. The van der Waals surface area contributed by atoms with Gasteiger partial charge in [0.15, 0.2) is 4.96 Å². The molecule has 0 radical (unpaired) electrons. The van der Waals surface area contributed by atoms with E-state index in [-0.39, 0.29) is 18.0 Å². The molecule has 1 aliphatic heterocycles. The van der Waals surface area contributed by atoms with Crippen molar-refractivity contribution in [3.8, 4) is 0 Å². The number of rotatable bonds is 4. The highest BCUT2D eigenvalue weighted by molar-refractivity contribution is 7.15. The lowest BCUT2D eigenvalue weighted by molar-refractivity contribution is 0.132. The summed E-state index contributed by atoms with van der Waals surface area (Å²) in [7, 11) is 0. The minimum absolute atomic E-state index is 0. The summed E-state index contributed by atoms with van der Waals surface area (Å²) in [5.41, 5.74) is 6.59. The number of hydrogen-bond donors (Lipinski definition) is 1. The third kappa shape index (κ3) is 3.63. The lowest BCUT2D eigenvalue weighted by Gasteiger charge is -2.35. The number of fused-ring (bicyclic) bond motifs is 1. The molecule has 0 spiro atoms. The molecule has 0 aliphatic carbocycles. The van der Waals surface area contributed by atoms with Gasteiger partial charge >= 0.3 is 0 Å². The number of hydrogen-bond acceptors (Lipinski definition) is 5. The number of aromatic nitrogens is 2. The Morgan fingerprint density at radius 2 is 2.29 bits per heavy atom. The van der Waals surface area contributed by atoms with Gasteiger partial charge in [-0.2, -0.15) is 0 Å². The van der Waals surface area contributed by atoms with E-state index in [4.69, 9.17) is 5.73 Å². The van der Waals surface area contributed by atoms with E-state index in [1.165, 1.54) is 30.6 Å². The first-order valence-corrected chi connectivity index (χ1v) is 8.06. The Labute approximate surface area is 134 Å². The predicted octanol–water partition coefficient (Wildman–Crippen LogP) is 1.88. The van der Waals surface area contributed by atoms with Gasteiger partial charge in [-0.15, -0.1) is 23.7 Å². The molecule has 0 saturated carbocycles. The molecule has 2 aromatic rings. The standard InChI is InChI=1S/C14H20N4OS.ClH/c15-5-4-12-3-1-2-6-17(12)10-11-9-13(19)18-7-8-20-14(18)16-11;/h7-9,12H,1-6,10,15H2;1H. The Morgan fingerprint density at radius 1 is 1.43 bits per heavy atom. The summed E-state index contributed by atoms with van der Waals surface area (Å²) >= 11 is 1.50. The van der Waals surface area contributed by atoms with Gasteiger partial charge < -0.3 is 5.73 Å². The molecule has 3 rings (SSSR count). The fourth-order valence-corrected chi connectivity index (χ4v) is 3.70. The van der Waals surface area contributed by atoms with Crippen LogP contribution >= 0.6 is 23.7 Å².